The Hall–Kier alpha value is -2.82. The van der Waals surface area contributed by atoms with Gasteiger partial charge in [-0.05, 0) is 42.0 Å². The van der Waals surface area contributed by atoms with Crippen LogP contribution in [0.4, 0.5) is 5.69 Å². The summed E-state index contributed by atoms with van der Waals surface area (Å²) in [7, 11) is 0. The Morgan fingerprint density at radius 2 is 1.65 bits per heavy atom. The van der Waals surface area contributed by atoms with Gasteiger partial charge in [0.05, 0.1) is 11.3 Å². The maximum atomic E-state index is 10.7. The zero-order valence-electron chi connectivity index (χ0n) is 11.0. The van der Waals surface area contributed by atoms with Gasteiger partial charge in [0.2, 0.25) is 0 Å². The number of carbonyl (C=O) groups is 1. The van der Waals surface area contributed by atoms with Crippen molar-refractivity contribution in [3.05, 3.63) is 65.5 Å². The standard InChI is InChI=1S/C8H9NO.C7H7NO2/c1-6(10)7-2-4-8(9)5-3-7;8-6-3-1-5(2-4-6)7(9)10/h2-5,9-10H,1H3;1-4H,8H2,(H,9,10)/p-1. The first kappa shape index (κ1) is 15.2. The molecule has 20 heavy (non-hydrogen) atoms. The van der Waals surface area contributed by atoms with Gasteiger partial charge in [0.1, 0.15) is 0 Å². The third kappa shape index (κ3) is 4.81. The molecule has 1 aromatic rings. The summed E-state index contributed by atoms with van der Waals surface area (Å²) in [4.78, 5) is 10.3. The monoisotopic (exact) mass is 271 g/mol. The van der Waals surface area contributed by atoms with Crippen molar-refractivity contribution in [2.45, 2.75) is 6.92 Å². The summed E-state index contributed by atoms with van der Waals surface area (Å²) in [5.41, 5.74) is 7.26. The number of aromatic carboxylic acids is 1. The Kier molecular flexibility index (Phi) is 5.29. The van der Waals surface area contributed by atoms with Crippen molar-refractivity contribution >= 4 is 17.4 Å². The maximum Gasteiger partial charge on any atom is 0.335 e. The van der Waals surface area contributed by atoms with E-state index in [-0.39, 0.29) is 11.3 Å². The van der Waals surface area contributed by atoms with E-state index in [1.165, 1.54) is 19.1 Å². The highest BCUT2D eigenvalue weighted by Gasteiger charge is 1.98. The van der Waals surface area contributed by atoms with Gasteiger partial charge < -0.3 is 21.4 Å². The number of carboxylic acid groups (broad SMARTS) is 1. The van der Waals surface area contributed by atoms with Crippen LogP contribution in [0.1, 0.15) is 17.3 Å². The topological polar surface area (TPSA) is 110 Å². The van der Waals surface area contributed by atoms with Crippen molar-refractivity contribution in [2.24, 2.45) is 0 Å². The smallest absolute Gasteiger partial charge is 0.335 e. The first-order valence-corrected chi connectivity index (χ1v) is 5.81. The molecule has 0 unspecified atom stereocenters. The Morgan fingerprint density at radius 1 is 1.15 bits per heavy atom. The molecule has 0 atom stereocenters. The number of nitrogen functional groups attached to an aromatic ring is 1. The van der Waals surface area contributed by atoms with Crippen molar-refractivity contribution in [1.82, 2.24) is 0 Å². The van der Waals surface area contributed by atoms with E-state index in [1.807, 2.05) is 0 Å². The molecule has 0 aromatic heterocycles. The molecule has 0 saturated carbocycles. The molecule has 1 aliphatic rings. The second-order valence-corrected chi connectivity index (χ2v) is 4.06. The lowest BCUT2D eigenvalue weighted by atomic mass is 10.1. The second-order valence-electron chi connectivity index (χ2n) is 4.06. The highest BCUT2D eigenvalue weighted by atomic mass is 16.4. The Bertz CT molecular complexity index is 574. The summed E-state index contributed by atoms with van der Waals surface area (Å²) < 4.78 is 0. The predicted molar refractivity (Wildman–Crippen MR) is 76.5 cm³/mol. The van der Waals surface area contributed by atoms with Gasteiger partial charge in [0.15, 0.2) is 0 Å². The molecule has 4 N–H and O–H groups in total. The first-order chi connectivity index (χ1) is 9.40. The fourth-order valence-electron chi connectivity index (χ4n) is 1.33. The molecule has 0 radical (unpaired) electrons. The number of benzene rings is 1. The van der Waals surface area contributed by atoms with E-state index in [9.17, 15) is 9.90 Å². The molecule has 1 aliphatic carbocycles. The van der Waals surface area contributed by atoms with E-state index in [1.54, 1.807) is 36.4 Å². The van der Waals surface area contributed by atoms with Crippen LogP contribution < -0.4 is 10.8 Å². The van der Waals surface area contributed by atoms with Gasteiger partial charge >= 0.3 is 5.97 Å². The van der Waals surface area contributed by atoms with Crippen molar-refractivity contribution in [3.8, 4) is 0 Å². The summed E-state index contributed by atoms with van der Waals surface area (Å²) in [5.74, 6) is -0.889. The highest BCUT2D eigenvalue weighted by Crippen LogP contribution is 2.07. The minimum atomic E-state index is -0.931. The summed E-state index contributed by atoms with van der Waals surface area (Å²) >= 11 is 0. The quantitative estimate of drug-likeness (QED) is 0.533. The van der Waals surface area contributed by atoms with Gasteiger partial charge in [-0.15, -0.1) is 5.76 Å². The fraction of sp³-hybridized carbons (Fsp3) is 0.0667. The number of rotatable bonds is 1. The molecule has 5 heteroatoms. The van der Waals surface area contributed by atoms with Gasteiger partial charge in [-0.3, -0.25) is 0 Å². The van der Waals surface area contributed by atoms with Crippen LogP contribution >= 0.6 is 0 Å². The SMILES string of the molecule is CC([O-])=C1C=CC(=N)C=C1.Nc1ccc(C(=O)O)cc1. The minimum Gasteiger partial charge on any atom is -0.875 e. The van der Waals surface area contributed by atoms with Crippen molar-refractivity contribution in [1.29, 1.82) is 5.41 Å². The van der Waals surface area contributed by atoms with E-state index < -0.39 is 5.97 Å². The first-order valence-electron chi connectivity index (χ1n) is 5.81. The molecule has 0 bridgehead atoms. The van der Waals surface area contributed by atoms with Gasteiger partial charge in [-0.25, -0.2) is 4.79 Å². The molecule has 104 valence electrons. The number of nitrogens with one attached hydrogen (secondary N) is 1. The second kappa shape index (κ2) is 6.94. The minimum absolute atomic E-state index is 0.0417. The largest absolute Gasteiger partial charge is 0.875 e. The highest BCUT2D eigenvalue weighted by molar-refractivity contribution is 6.03. The molecule has 1 aromatic carbocycles. The lowest BCUT2D eigenvalue weighted by molar-refractivity contribution is -0.302. The molecular weight excluding hydrogens is 256 g/mol. The molecule has 0 saturated heterocycles. The van der Waals surface area contributed by atoms with Gasteiger partial charge in [-0.1, -0.05) is 19.1 Å². The Labute approximate surface area is 116 Å². The van der Waals surface area contributed by atoms with Crippen LogP contribution in [0.25, 0.3) is 0 Å². The van der Waals surface area contributed by atoms with Crippen LogP contribution in [0.15, 0.2) is 59.9 Å². The van der Waals surface area contributed by atoms with Crippen LogP contribution in [0, 0.1) is 5.41 Å². The summed E-state index contributed by atoms with van der Waals surface area (Å²) in [6.45, 7) is 1.51. The van der Waals surface area contributed by atoms with E-state index >= 15 is 0 Å². The summed E-state index contributed by atoms with van der Waals surface area (Å²) in [6.07, 6.45) is 6.53. The number of allylic oxidation sites excluding steroid dienone is 6. The number of hydrogen-bond donors (Lipinski definition) is 3. The summed E-state index contributed by atoms with van der Waals surface area (Å²) in [5, 5.41) is 26.3. The van der Waals surface area contributed by atoms with Gasteiger partial charge in [0.25, 0.3) is 0 Å². The predicted octanol–water partition coefficient (Wildman–Crippen LogP) is 1.73. The van der Waals surface area contributed by atoms with Crippen LogP contribution in [-0.4, -0.2) is 16.8 Å². The lowest BCUT2D eigenvalue weighted by Crippen LogP contribution is -2.03. The maximum absolute atomic E-state index is 10.7. The van der Waals surface area contributed by atoms with Crippen molar-refractivity contribution in [2.75, 3.05) is 5.73 Å². The van der Waals surface area contributed by atoms with E-state index in [0.29, 0.717) is 17.0 Å². The number of nitrogens with two attached hydrogens (primary N) is 1. The Balaban J connectivity index is 0.000000200. The van der Waals surface area contributed by atoms with Crippen LogP contribution in [0.2, 0.25) is 0 Å². The Morgan fingerprint density at radius 3 is 2.05 bits per heavy atom. The van der Waals surface area contributed by atoms with E-state index in [0.717, 1.165) is 0 Å². The molecule has 0 heterocycles. The van der Waals surface area contributed by atoms with Gasteiger partial charge in [-0.2, -0.15) is 0 Å². The zero-order chi connectivity index (χ0) is 15.1. The van der Waals surface area contributed by atoms with Crippen molar-refractivity contribution < 1.29 is 15.0 Å². The molecule has 0 fully saturated rings. The van der Waals surface area contributed by atoms with Crippen LogP contribution in [-0.2, 0) is 0 Å². The number of hydrogen-bond acceptors (Lipinski definition) is 4. The normalized spacial score (nSPS) is 12.7. The van der Waals surface area contributed by atoms with Crippen LogP contribution in [0.5, 0.6) is 0 Å². The average Bonchev–Trinajstić information content (AvgIpc) is 2.40. The number of carboxylic acids is 1. The summed E-state index contributed by atoms with van der Waals surface area (Å²) in [6, 6.07) is 6.06. The molecular formula is C15H15N2O3-. The van der Waals surface area contributed by atoms with E-state index in [2.05, 4.69) is 0 Å². The van der Waals surface area contributed by atoms with Crippen molar-refractivity contribution in [3.63, 3.8) is 0 Å². The number of anilines is 1. The zero-order valence-corrected chi connectivity index (χ0v) is 11.0. The third-order valence-electron chi connectivity index (χ3n) is 2.45. The molecule has 0 aliphatic heterocycles. The average molecular weight is 271 g/mol. The molecule has 0 spiro atoms. The van der Waals surface area contributed by atoms with E-state index in [4.69, 9.17) is 16.2 Å². The fourth-order valence-corrected chi connectivity index (χ4v) is 1.33. The molecule has 0 amide bonds. The van der Waals surface area contributed by atoms with Gasteiger partial charge in [0, 0.05) is 5.69 Å². The third-order valence-corrected chi connectivity index (χ3v) is 2.45. The van der Waals surface area contributed by atoms with Crippen LogP contribution in [0.3, 0.4) is 0 Å². The lowest BCUT2D eigenvalue weighted by Gasteiger charge is -2.10. The molecule has 5 nitrogen and oxygen atoms in total. The molecule has 2 rings (SSSR count).